The molecule has 0 aliphatic heterocycles. The number of aromatic hydroxyl groups is 1. The fraction of sp³-hybridized carbons (Fsp3) is 0.174. The van der Waals surface area contributed by atoms with Gasteiger partial charge in [-0.25, -0.2) is 10.2 Å². The Hall–Kier alpha value is -2.91. The largest absolute Gasteiger partial charge is 0.506 e. The Kier molecular flexibility index (Phi) is 7.52. The summed E-state index contributed by atoms with van der Waals surface area (Å²) in [4.78, 5) is 24.3. The third kappa shape index (κ3) is 5.11. The Bertz CT molecular complexity index is 1200. The number of carbonyl (C=O) groups is 2. The molecular formula is C23H21Br2N3O4. The number of nitrogens with zero attached hydrogens (tertiary/aromatic N) is 2. The number of phenols is 1. The van der Waals surface area contributed by atoms with Crippen molar-refractivity contribution in [2.75, 3.05) is 6.61 Å². The van der Waals surface area contributed by atoms with Gasteiger partial charge in [0.15, 0.2) is 0 Å². The number of hydrogen-bond donors (Lipinski definition) is 2. The van der Waals surface area contributed by atoms with Crippen LogP contribution in [0.2, 0.25) is 0 Å². The number of hydrogen-bond acceptors (Lipinski definition) is 5. The van der Waals surface area contributed by atoms with Gasteiger partial charge in [0, 0.05) is 27.1 Å². The first kappa shape index (κ1) is 23.7. The quantitative estimate of drug-likeness (QED) is 0.243. The number of aryl methyl sites for hydroxylation is 1. The highest BCUT2D eigenvalue weighted by molar-refractivity contribution is 9.11. The van der Waals surface area contributed by atoms with Crippen LogP contribution in [0.15, 0.2) is 56.5 Å². The van der Waals surface area contributed by atoms with Gasteiger partial charge in [-0.05, 0) is 79.2 Å². The van der Waals surface area contributed by atoms with Crippen LogP contribution in [-0.2, 0) is 4.74 Å². The molecule has 0 radical (unpaired) electrons. The first-order chi connectivity index (χ1) is 15.2. The van der Waals surface area contributed by atoms with Gasteiger partial charge in [-0.1, -0.05) is 15.9 Å². The van der Waals surface area contributed by atoms with E-state index in [1.54, 1.807) is 31.3 Å². The number of benzene rings is 2. The van der Waals surface area contributed by atoms with Crippen LogP contribution in [0, 0.1) is 13.8 Å². The van der Waals surface area contributed by atoms with Crippen LogP contribution in [0.1, 0.15) is 44.6 Å². The average molecular weight is 563 g/mol. The zero-order valence-electron chi connectivity index (χ0n) is 17.6. The van der Waals surface area contributed by atoms with E-state index in [1.165, 1.54) is 6.07 Å². The van der Waals surface area contributed by atoms with E-state index >= 15 is 0 Å². The molecule has 2 aromatic carbocycles. The maximum atomic E-state index is 12.4. The van der Waals surface area contributed by atoms with Crippen LogP contribution in [-0.4, -0.2) is 34.4 Å². The Morgan fingerprint density at radius 1 is 1.16 bits per heavy atom. The number of aromatic nitrogens is 1. The van der Waals surface area contributed by atoms with Gasteiger partial charge in [0.05, 0.1) is 28.4 Å². The summed E-state index contributed by atoms with van der Waals surface area (Å²) in [5.41, 5.74) is 6.61. The van der Waals surface area contributed by atoms with Gasteiger partial charge in [-0.2, -0.15) is 5.10 Å². The zero-order valence-corrected chi connectivity index (χ0v) is 20.8. The number of phenolic OH excluding ortho intramolecular Hbond substituents is 1. The van der Waals surface area contributed by atoms with Crippen molar-refractivity contribution in [2.24, 2.45) is 5.10 Å². The minimum atomic E-state index is -0.538. The van der Waals surface area contributed by atoms with E-state index in [0.717, 1.165) is 22.6 Å². The maximum Gasteiger partial charge on any atom is 0.338 e. The van der Waals surface area contributed by atoms with Crippen molar-refractivity contribution in [1.82, 2.24) is 9.99 Å². The topological polar surface area (TPSA) is 92.9 Å². The van der Waals surface area contributed by atoms with Gasteiger partial charge in [0.2, 0.25) is 0 Å². The third-order valence-corrected chi connectivity index (χ3v) is 5.81. The SMILES string of the molecule is CCOC(=O)c1ccc(-n2c(C)cc(/C=N\NC(=O)c3cc(Br)cc(Br)c3O)c2C)cc1. The molecule has 32 heavy (non-hydrogen) atoms. The second kappa shape index (κ2) is 10.1. The number of nitrogens with one attached hydrogen (secondary N) is 1. The number of halogens is 2. The molecule has 166 valence electrons. The Labute approximate surface area is 202 Å². The van der Waals surface area contributed by atoms with Gasteiger partial charge in [-0.15, -0.1) is 0 Å². The fourth-order valence-electron chi connectivity index (χ4n) is 3.24. The molecule has 1 aromatic heterocycles. The molecule has 3 rings (SSSR count). The molecule has 7 nitrogen and oxygen atoms in total. The first-order valence-electron chi connectivity index (χ1n) is 9.70. The average Bonchev–Trinajstić information content (AvgIpc) is 3.04. The van der Waals surface area contributed by atoms with Crippen LogP contribution in [0.4, 0.5) is 0 Å². The van der Waals surface area contributed by atoms with Crippen LogP contribution in [0.3, 0.4) is 0 Å². The van der Waals surface area contributed by atoms with Crippen molar-refractivity contribution in [3.05, 3.63) is 79.5 Å². The van der Waals surface area contributed by atoms with Gasteiger partial charge in [-0.3, -0.25) is 4.79 Å². The lowest BCUT2D eigenvalue weighted by Crippen LogP contribution is -2.18. The summed E-state index contributed by atoms with van der Waals surface area (Å²) in [5.74, 6) is -1.05. The number of hydrazone groups is 1. The molecule has 1 amide bonds. The van der Waals surface area contributed by atoms with E-state index < -0.39 is 5.91 Å². The molecule has 2 N–H and O–H groups in total. The van der Waals surface area contributed by atoms with Crippen molar-refractivity contribution in [1.29, 1.82) is 0 Å². The predicted octanol–water partition coefficient (Wildman–Crippen LogP) is 5.27. The summed E-state index contributed by atoms with van der Waals surface area (Å²) in [7, 11) is 0. The van der Waals surface area contributed by atoms with Crippen LogP contribution in [0.25, 0.3) is 5.69 Å². The van der Waals surface area contributed by atoms with E-state index in [0.29, 0.717) is 21.1 Å². The Balaban J connectivity index is 1.78. The summed E-state index contributed by atoms with van der Waals surface area (Å²) >= 11 is 6.50. The van der Waals surface area contributed by atoms with Crippen molar-refractivity contribution in [3.8, 4) is 11.4 Å². The molecule has 0 saturated heterocycles. The number of ether oxygens (including phenoxy) is 1. The lowest BCUT2D eigenvalue weighted by Gasteiger charge is -2.10. The van der Waals surface area contributed by atoms with Crippen LogP contribution in [0.5, 0.6) is 5.75 Å². The lowest BCUT2D eigenvalue weighted by atomic mass is 10.2. The maximum absolute atomic E-state index is 12.4. The number of carbonyl (C=O) groups excluding carboxylic acids is 2. The summed E-state index contributed by atoms with van der Waals surface area (Å²) in [6, 6.07) is 12.2. The van der Waals surface area contributed by atoms with Gasteiger partial charge < -0.3 is 14.4 Å². The molecule has 0 aliphatic rings. The van der Waals surface area contributed by atoms with Crippen LogP contribution < -0.4 is 5.43 Å². The number of rotatable bonds is 6. The lowest BCUT2D eigenvalue weighted by molar-refractivity contribution is 0.0526. The minimum absolute atomic E-state index is 0.0931. The smallest absolute Gasteiger partial charge is 0.338 e. The normalized spacial score (nSPS) is 11.0. The Morgan fingerprint density at radius 2 is 1.84 bits per heavy atom. The van der Waals surface area contributed by atoms with E-state index in [2.05, 4.69) is 42.4 Å². The Morgan fingerprint density at radius 3 is 2.50 bits per heavy atom. The minimum Gasteiger partial charge on any atom is -0.506 e. The van der Waals surface area contributed by atoms with Gasteiger partial charge in [0.25, 0.3) is 5.91 Å². The van der Waals surface area contributed by atoms with E-state index in [9.17, 15) is 14.7 Å². The molecule has 0 spiro atoms. The molecule has 0 saturated carbocycles. The van der Waals surface area contributed by atoms with Crippen molar-refractivity contribution >= 4 is 50.0 Å². The molecule has 0 fully saturated rings. The highest BCUT2D eigenvalue weighted by atomic mass is 79.9. The third-order valence-electron chi connectivity index (χ3n) is 4.75. The molecule has 9 heteroatoms. The zero-order chi connectivity index (χ0) is 23.4. The summed E-state index contributed by atoms with van der Waals surface area (Å²) < 4.78 is 8.09. The van der Waals surface area contributed by atoms with E-state index in [-0.39, 0.29) is 17.3 Å². The highest BCUT2D eigenvalue weighted by Crippen LogP contribution is 2.31. The highest BCUT2D eigenvalue weighted by Gasteiger charge is 2.15. The van der Waals surface area contributed by atoms with E-state index in [1.807, 2.05) is 36.6 Å². The summed E-state index contributed by atoms with van der Waals surface area (Å²) in [6.07, 6.45) is 1.55. The molecule has 3 aromatic rings. The molecule has 1 heterocycles. The molecule has 0 bridgehead atoms. The van der Waals surface area contributed by atoms with Crippen molar-refractivity contribution in [2.45, 2.75) is 20.8 Å². The molecule has 0 aliphatic carbocycles. The van der Waals surface area contributed by atoms with Crippen molar-refractivity contribution in [3.63, 3.8) is 0 Å². The van der Waals surface area contributed by atoms with E-state index in [4.69, 9.17) is 4.74 Å². The first-order valence-corrected chi connectivity index (χ1v) is 11.3. The molecule has 0 atom stereocenters. The fourth-order valence-corrected chi connectivity index (χ4v) is 4.46. The van der Waals surface area contributed by atoms with Gasteiger partial charge >= 0.3 is 5.97 Å². The van der Waals surface area contributed by atoms with Gasteiger partial charge in [0.1, 0.15) is 5.75 Å². The molecular weight excluding hydrogens is 542 g/mol. The second-order valence-electron chi connectivity index (χ2n) is 6.91. The molecule has 0 unspecified atom stereocenters. The predicted molar refractivity (Wildman–Crippen MR) is 130 cm³/mol. The standard InChI is InChI=1S/C23H21Br2N3O4/c1-4-32-23(31)15-5-7-18(8-6-15)28-13(2)9-16(14(28)3)12-26-27-22(30)19-10-17(24)11-20(25)21(19)29/h5-12,29H,4H2,1-3H3,(H,27,30)/b26-12-. The second-order valence-corrected chi connectivity index (χ2v) is 8.68. The number of amides is 1. The number of esters is 1. The summed E-state index contributed by atoms with van der Waals surface area (Å²) in [6.45, 7) is 5.99. The van der Waals surface area contributed by atoms with Crippen LogP contribution >= 0.6 is 31.9 Å². The van der Waals surface area contributed by atoms with Crippen molar-refractivity contribution < 1.29 is 19.4 Å². The summed E-state index contributed by atoms with van der Waals surface area (Å²) in [5, 5.41) is 14.1. The monoisotopic (exact) mass is 561 g/mol.